The molecule has 25 heavy (non-hydrogen) atoms. The van der Waals surface area contributed by atoms with Crippen molar-refractivity contribution in [1.29, 1.82) is 0 Å². The van der Waals surface area contributed by atoms with Gasteiger partial charge in [0.2, 0.25) is 0 Å². The number of hydrogen-bond donors (Lipinski definition) is 3. The molecule has 0 atom stereocenters. The van der Waals surface area contributed by atoms with E-state index in [0.717, 1.165) is 74.9 Å². The number of halogens is 1. The molecular weight excluding hydrogens is 429 g/mol. The first-order valence-corrected chi connectivity index (χ1v) is 8.87. The maximum Gasteiger partial charge on any atom is 0.191 e. The number of imidazole rings is 1. The normalized spacial score (nSPS) is 11.4. The molecule has 0 spiro atoms. The van der Waals surface area contributed by atoms with E-state index in [9.17, 15) is 0 Å². The average molecular weight is 459 g/mol. The molecule has 0 fully saturated rings. The van der Waals surface area contributed by atoms with Crippen LogP contribution in [0.3, 0.4) is 0 Å². The predicted octanol–water partition coefficient (Wildman–Crippen LogP) is 3.10. The maximum absolute atomic E-state index is 5.34. The monoisotopic (exact) mass is 459 g/mol. The van der Waals surface area contributed by atoms with Crippen molar-refractivity contribution >= 4 is 41.0 Å². The van der Waals surface area contributed by atoms with Gasteiger partial charge < -0.3 is 20.4 Å². The minimum absolute atomic E-state index is 0. The number of guanidine groups is 1. The number of rotatable bonds is 10. The summed E-state index contributed by atoms with van der Waals surface area (Å²) in [6, 6.07) is 8.12. The van der Waals surface area contributed by atoms with Crippen molar-refractivity contribution < 1.29 is 4.74 Å². The van der Waals surface area contributed by atoms with Gasteiger partial charge in [0.1, 0.15) is 5.82 Å². The minimum Gasteiger partial charge on any atom is -0.382 e. The van der Waals surface area contributed by atoms with Crippen molar-refractivity contribution in [3.05, 3.63) is 30.1 Å². The van der Waals surface area contributed by atoms with Gasteiger partial charge in [0.25, 0.3) is 0 Å². The van der Waals surface area contributed by atoms with Gasteiger partial charge in [-0.05, 0) is 38.8 Å². The van der Waals surface area contributed by atoms with E-state index >= 15 is 0 Å². The molecule has 0 bridgehead atoms. The topological polar surface area (TPSA) is 74.3 Å². The summed E-state index contributed by atoms with van der Waals surface area (Å²) in [4.78, 5) is 12.6. The number of ether oxygens (including phenoxy) is 1. The molecule has 2 rings (SSSR count). The zero-order valence-electron chi connectivity index (χ0n) is 15.2. The second-order valence-corrected chi connectivity index (χ2v) is 5.54. The number of nitrogens with one attached hydrogen (secondary N) is 3. The number of aryl methyl sites for hydroxylation is 1. The Bertz CT molecular complexity index is 596. The van der Waals surface area contributed by atoms with Crippen LogP contribution in [0.1, 0.15) is 32.5 Å². The van der Waals surface area contributed by atoms with E-state index in [1.165, 1.54) is 0 Å². The zero-order chi connectivity index (χ0) is 17.0. The van der Waals surface area contributed by atoms with Crippen LogP contribution in [-0.2, 0) is 11.2 Å². The van der Waals surface area contributed by atoms with Gasteiger partial charge in [-0.1, -0.05) is 12.1 Å². The molecule has 1 heterocycles. The fourth-order valence-corrected chi connectivity index (χ4v) is 2.43. The summed E-state index contributed by atoms with van der Waals surface area (Å²) in [5.41, 5.74) is 2.13. The van der Waals surface area contributed by atoms with E-state index in [0.29, 0.717) is 0 Å². The van der Waals surface area contributed by atoms with Gasteiger partial charge in [-0.25, -0.2) is 4.98 Å². The lowest BCUT2D eigenvalue weighted by atomic mass is 10.3. The molecule has 1 aromatic heterocycles. The summed E-state index contributed by atoms with van der Waals surface area (Å²) < 4.78 is 5.34. The van der Waals surface area contributed by atoms with E-state index in [1.807, 2.05) is 25.1 Å². The number of aromatic nitrogens is 2. The van der Waals surface area contributed by atoms with Crippen LogP contribution in [-0.4, -0.2) is 48.8 Å². The fraction of sp³-hybridized carbons (Fsp3) is 0.556. The summed E-state index contributed by atoms with van der Waals surface area (Å²) in [5, 5.41) is 6.60. The van der Waals surface area contributed by atoms with Gasteiger partial charge in [0.05, 0.1) is 11.0 Å². The molecule has 0 radical (unpaired) electrons. The molecule has 0 saturated carbocycles. The van der Waals surface area contributed by atoms with E-state index in [2.05, 4.69) is 38.6 Å². The second kappa shape index (κ2) is 12.9. The Hall–Kier alpha value is -1.35. The van der Waals surface area contributed by atoms with Crippen molar-refractivity contribution in [3.63, 3.8) is 0 Å². The van der Waals surface area contributed by atoms with Gasteiger partial charge >= 0.3 is 0 Å². The Morgan fingerprint density at radius 1 is 1.20 bits per heavy atom. The van der Waals surface area contributed by atoms with Gasteiger partial charge in [-0.3, -0.25) is 4.99 Å². The van der Waals surface area contributed by atoms with Crippen LogP contribution in [0.2, 0.25) is 0 Å². The molecule has 0 aliphatic heterocycles. The maximum atomic E-state index is 5.34. The molecule has 1 aromatic carbocycles. The number of hydrogen-bond acceptors (Lipinski definition) is 3. The number of aromatic amines is 1. The lowest BCUT2D eigenvalue weighted by Crippen LogP contribution is -2.38. The highest BCUT2D eigenvalue weighted by molar-refractivity contribution is 14.0. The number of para-hydroxylation sites is 2. The zero-order valence-corrected chi connectivity index (χ0v) is 17.5. The highest BCUT2D eigenvalue weighted by Gasteiger charge is 2.02. The van der Waals surface area contributed by atoms with E-state index < -0.39 is 0 Å². The molecule has 7 heteroatoms. The molecule has 0 aliphatic rings. The summed E-state index contributed by atoms with van der Waals surface area (Å²) in [7, 11) is 0. The van der Waals surface area contributed by atoms with Crippen LogP contribution in [0.5, 0.6) is 0 Å². The van der Waals surface area contributed by atoms with Gasteiger partial charge in [0, 0.05) is 39.3 Å². The van der Waals surface area contributed by atoms with E-state index in [4.69, 9.17) is 4.74 Å². The van der Waals surface area contributed by atoms with Crippen molar-refractivity contribution in [2.45, 2.75) is 33.1 Å². The Kier molecular flexibility index (Phi) is 11.2. The standard InChI is InChI=1S/C18H29N5O.HI/c1-3-19-18(21-13-8-14-24-4-2)20-12-7-11-17-22-15-9-5-6-10-16(15)23-17;/h5-6,9-10H,3-4,7-8,11-14H2,1-2H3,(H,22,23)(H2,19,20,21);1H. The molecule has 0 amide bonds. The number of H-pyrrole nitrogens is 1. The summed E-state index contributed by atoms with van der Waals surface area (Å²) >= 11 is 0. The smallest absolute Gasteiger partial charge is 0.191 e. The number of benzene rings is 1. The first-order chi connectivity index (χ1) is 11.8. The Morgan fingerprint density at radius 3 is 2.80 bits per heavy atom. The molecule has 0 unspecified atom stereocenters. The molecule has 2 aromatic rings. The van der Waals surface area contributed by atoms with Gasteiger partial charge in [0.15, 0.2) is 5.96 Å². The second-order valence-electron chi connectivity index (χ2n) is 5.54. The lowest BCUT2D eigenvalue weighted by Gasteiger charge is -2.11. The van der Waals surface area contributed by atoms with Crippen molar-refractivity contribution in [3.8, 4) is 0 Å². The van der Waals surface area contributed by atoms with E-state index in [1.54, 1.807) is 0 Å². The molecule has 0 saturated heterocycles. The van der Waals surface area contributed by atoms with Crippen LogP contribution >= 0.6 is 24.0 Å². The highest BCUT2D eigenvalue weighted by Crippen LogP contribution is 2.11. The minimum atomic E-state index is 0. The largest absolute Gasteiger partial charge is 0.382 e. The van der Waals surface area contributed by atoms with Crippen LogP contribution in [0, 0.1) is 0 Å². The van der Waals surface area contributed by atoms with Crippen molar-refractivity contribution in [2.75, 3.05) is 32.8 Å². The van der Waals surface area contributed by atoms with E-state index in [-0.39, 0.29) is 24.0 Å². The van der Waals surface area contributed by atoms with Gasteiger partial charge in [-0.15, -0.1) is 24.0 Å². The number of fused-ring (bicyclic) bond motifs is 1. The van der Waals surface area contributed by atoms with Crippen molar-refractivity contribution in [1.82, 2.24) is 20.6 Å². The summed E-state index contributed by atoms with van der Waals surface area (Å²) in [5.74, 6) is 1.90. The summed E-state index contributed by atoms with van der Waals surface area (Å²) in [6.45, 7) is 8.16. The van der Waals surface area contributed by atoms with Crippen LogP contribution < -0.4 is 10.6 Å². The number of nitrogens with zero attached hydrogens (tertiary/aromatic N) is 2. The SMILES string of the molecule is CCNC(=NCCCc1nc2ccccc2[nH]1)NCCCOCC.I. The summed E-state index contributed by atoms with van der Waals surface area (Å²) in [6.07, 6.45) is 2.86. The first-order valence-electron chi connectivity index (χ1n) is 8.87. The molecule has 6 nitrogen and oxygen atoms in total. The quantitative estimate of drug-likeness (QED) is 0.221. The fourth-order valence-electron chi connectivity index (χ4n) is 2.43. The Labute approximate surface area is 167 Å². The third-order valence-electron chi connectivity index (χ3n) is 3.59. The van der Waals surface area contributed by atoms with Crippen LogP contribution in [0.15, 0.2) is 29.3 Å². The first kappa shape index (κ1) is 21.7. The third-order valence-corrected chi connectivity index (χ3v) is 3.59. The lowest BCUT2D eigenvalue weighted by molar-refractivity contribution is 0.145. The number of aliphatic imine (C=N–C) groups is 1. The Morgan fingerprint density at radius 2 is 2.04 bits per heavy atom. The van der Waals surface area contributed by atoms with Gasteiger partial charge in [-0.2, -0.15) is 0 Å². The molecule has 0 aliphatic carbocycles. The average Bonchev–Trinajstić information content (AvgIpc) is 3.01. The highest BCUT2D eigenvalue weighted by atomic mass is 127. The third kappa shape index (κ3) is 8.04. The molecular formula is C18H30IN5O. The molecule has 3 N–H and O–H groups in total. The van der Waals surface area contributed by atoms with Crippen LogP contribution in [0.4, 0.5) is 0 Å². The van der Waals surface area contributed by atoms with Crippen molar-refractivity contribution in [2.24, 2.45) is 4.99 Å². The predicted molar refractivity (Wildman–Crippen MR) is 115 cm³/mol. The van der Waals surface area contributed by atoms with Crippen LogP contribution in [0.25, 0.3) is 11.0 Å². The Balaban J connectivity index is 0.00000312. The molecule has 140 valence electrons.